The molecule has 116 valence electrons. The van der Waals surface area contributed by atoms with Crippen LogP contribution in [0.1, 0.15) is 24.2 Å². The first-order valence-electron chi connectivity index (χ1n) is 6.70. The van der Waals surface area contributed by atoms with Crippen molar-refractivity contribution in [2.24, 2.45) is 0 Å². The Bertz CT molecular complexity index is 452. The molecular weight excluding hydrogens is 290 g/mol. The SMILES string of the molecule is COC(=O)[C@H](CSC(CCO)c1ccccc1)NC(C)=O. The Morgan fingerprint density at radius 2 is 2.00 bits per heavy atom. The number of aliphatic hydroxyl groups is 1. The third kappa shape index (κ3) is 6.18. The van der Waals surface area contributed by atoms with Crippen LogP contribution in [0.3, 0.4) is 0 Å². The number of aliphatic hydroxyl groups excluding tert-OH is 1. The van der Waals surface area contributed by atoms with Gasteiger partial charge in [0.05, 0.1) is 7.11 Å². The molecule has 1 aromatic carbocycles. The van der Waals surface area contributed by atoms with E-state index in [2.05, 4.69) is 5.32 Å². The molecule has 0 bridgehead atoms. The minimum Gasteiger partial charge on any atom is -0.467 e. The number of hydrogen-bond donors (Lipinski definition) is 2. The molecule has 2 N–H and O–H groups in total. The van der Waals surface area contributed by atoms with Crippen molar-refractivity contribution >= 4 is 23.6 Å². The van der Waals surface area contributed by atoms with E-state index in [0.29, 0.717) is 12.2 Å². The Morgan fingerprint density at radius 1 is 1.33 bits per heavy atom. The highest BCUT2D eigenvalue weighted by Gasteiger charge is 2.22. The molecule has 0 fully saturated rings. The van der Waals surface area contributed by atoms with Crippen molar-refractivity contribution in [2.75, 3.05) is 19.5 Å². The van der Waals surface area contributed by atoms with Crippen LogP contribution in [0.25, 0.3) is 0 Å². The topological polar surface area (TPSA) is 75.6 Å². The summed E-state index contributed by atoms with van der Waals surface area (Å²) >= 11 is 1.52. The van der Waals surface area contributed by atoms with Crippen LogP contribution < -0.4 is 5.32 Å². The van der Waals surface area contributed by atoms with Crippen LogP contribution in [0.5, 0.6) is 0 Å². The van der Waals surface area contributed by atoms with E-state index in [1.165, 1.54) is 25.8 Å². The third-order valence-corrected chi connectivity index (χ3v) is 4.33. The molecule has 0 aliphatic heterocycles. The van der Waals surface area contributed by atoms with Crippen molar-refractivity contribution in [1.82, 2.24) is 5.32 Å². The number of rotatable bonds is 8. The van der Waals surface area contributed by atoms with Gasteiger partial charge >= 0.3 is 5.97 Å². The van der Waals surface area contributed by atoms with Gasteiger partial charge in [0.2, 0.25) is 5.91 Å². The van der Waals surface area contributed by atoms with E-state index < -0.39 is 12.0 Å². The lowest BCUT2D eigenvalue weighted by molar-refractivity contribution is -0.144. The summed E-state index contributed by atoms with van der Waals surface area (Å²) in [6, 6.07) is 9.09. The second-order valence-corrected chi connectivity index (χ2v) is 5.76. The van der Waals surface area contributed by atoms with Gasteiger partial charge in [0.1, 0.15) is 6.04 Å². The van der Waals surface area contributed by atoms with Gasteiger partial charge in [0, 0.05) is 24.5 Å². The van der Waals surface area contributed by atoms with Crippen molar-refractivity contribution in [3.8, 4) is 0 Å². The number of methoxy groups -OCH3 is 1. The molecule has 0 aromatic heterocycles. The Balaban J connectivity index is 2.69. The number of ether oxygens (including phenoxy) is 1. The number of carbonyl (C=O) groups is 2. The zero-order valence-electron chi connectivity index (χ0n) is 12.2. The maximum atomic E-state index is 11.7. The lowest BCUT2D eigenvalue weighted by Crippen LogP contribution is -2.42. The molecule has 0 aliphatic rings. The summed E-state index contributed by atoms with van der Waals surface area (Å²) in [6.07, 6.45) is 0.586. The normalized spacial score (nSPS) is 13.3. The predicted octanol–water partition coefficient (Wildman–Crippen LogP) is 1.52. The standard InChI is InChI=1S/C15H21NO4S/c1-11(18)16-13(15(19)20-2)10-21-14(8-9-17)12-6-4-3-5-7-12/h3-7,13-14,17H,8-10H2,1-2H3,(H,16,18)/t13-,14?/m0/s1. The first-order chi connectivity index (χ1) is 10.1. The van der Waals surface area contributed by atoms with Crippen LogP contribution >= 0.6 is 11.8 Å². The quantitative estimate of drug-likeness (QED) is 0.712. The van der Waals surface area contributed by atoms with E-state index in [9.17, 15) is 14.7 Å². The van der Waals surface area contributed by atoms with E-state index >= 15 is 0 Å². The van der Waals surface area contributed by atoms with Crippen molar-refractivity contribution in [1.29, 1.82) is 0 Å². The van der Waals surface area contributed by atoms with Gasteiger partial charge in [-0.25, -0.2) is 4.79 Å². The fourth-order valence-corrected chi connectivity index (χ4v) is 3.17. The van der Waals surface area contributed by atoms with Crippen LogP contribution in [0, 0.1) is 0 Å². The van der Waals surface area contributed by atoms with Crippen molar-refractivity contribution < 1.29 is 19.4 Å². The number of thioether (sulfide) groups is 1. The Kier molecular flexibility index (Phi) is 7.85. The Morgan fingerprint density at radius 3 is 2.52 bits per heavy atom. The lowest BCUT2D eigenvalue weighted by atomic mass is 10.1. The summed E-state index contributed by atoms with van der Waals surface area (Å²) in [5, 5.41) is 11.8. The van der Waals surface area contributed by atoms with Crippen molar-refractivity contribution in [2.45, 2.75) is 24.6 Å². The van der Waals surface area contributed by atoms with E-state index in [-0.39, 0.29) is 17.8 Å². The minimum atomic E-state index is -0.678. The number of hydrogen-bond acceptors (Lipinski definition) is 5. The summed E-state index contributed by atoms with van der Waals surface area (Å²) < 4.78 is 4.69. The lowest BCUT2D eigenvalue weighted by Gasteiger charge is -2.20. The molecule has 2 atom stereocenters. The summed E-state index contributed by atoms with van der Waals surface area (Å²) in [5.41, 5.74) is 1.09. The highest BCUT2D eigenvalue weighted by Crippen LogP contribution is 2.32. The molecule has 1 rings (SSSR count). The maximum Gasteiger partial charge on any atom is 0.329 e. The molecule has 0 saturated heterocycles. The van der Waals surface area contributed by atoms with E-state index in [1.54, 1.807) is 0 Å². The molecule has 1 amide bonds. The number of esters is 1. The van der Waals surface area contributed by atoms with E-state index in [0.717, 1.165) is 5.56 Å². The number of carbonyl (C=O) groups excluding carboxylic acids is 2. The maximum absolute atomic E-state index is 11.7. The number of benzene rings is 1. The van der Waals surface area contributed by atoms with Gasteiger partial charge < -0.3 is 15.2 Å². The van der Waals surface area contributed by atoms with Crippen LogP contribution in [-0.2, 0) is 14.3 Å². The molecule has 0 radical (unpaired) electrons. The van der Waals surface area contributed by atoms with Crippen LogP contribution in [-0.4, -0.2) is 42.5 Å². The first kappa shape index (κ1) is 17.5. The highest BCUT2D eigenvalue weighted by atomic mass is 32.2. The zero-order chi connectivity index (χ0) is 15.7. The van der Waals surface area contributed by atoms with Crippen molar-refractivity contribution in [3.05, 3.63) is 35.9 Å². The molecule has 1 aromatic rings. The van der Waals surface area contributed by atoms with Gasteiger partial charge in [-0.1, -0.05) is 30.3 Å². The summed E-state index contributed by atoms with van der Waals surface area (Å²) in [4.78, 5) is 22.8. The molecular formula is C15H21NO4S. The van der Waals surface area contributed by atoms with Crippen molar-refractivity contribution in [3.63, 3.8) is 0 Å². The number of amides is 1. The summed E-state index contributed by atoms with van der Waals surface area (Å²) in [5.74, 6) is -0.343. The second-order valence-electron chi connectivity index (χ2n) is 4.52. The summed E-state index contributed by atoms with van der Waals surface area (Å²) in [7, 11) is 1.30. The van der Waals surface area contributed by atoms with E-state index in [1.807, 2.05) is 30.3 Å². The van der Waals surface area contributed by atoms with Gasteiger partial charge in [0.15, 0.2) is 0 Å². The van der Waals surface area contributed by atoms with E-state index in [4.69, 9.17) is 4.74 Å². The average molecular weight is 311 g/mol. The van der Waals surface area contributed by atoms with Gasteiger partial charge in [-0.2, -0.15) is 11.8 Å². The molecule has 0 aliphatic carbocycles. The van der Waals surface area contributed by atoms with Gasteiger partial charge in [-0.15, -0.1) is 0 Å². The van der Waals surface area contributed by atoms with Crippen LogP contribution in [0.4, 0.5) is 0 Å². The summed E-state index contributed by atoms with van der Waals surface area (Å²) in [6.45, 7) is 1.43. The molecule has 0 heterocycles. The first-order valence-corrected chi connectivity index (χ1v) is 7.75. The van der Waals surface area contributed by atoms with Gasteiger partial charge in [-0.05, 0) is 12.0 Å². The second kappa shape index (κ2) is 9.41. The predicted molar refractivity (Wildman–Crippen MR) is 83.0 cm³/mol. The average Bonchev–Trinajstić information content (AvgIpc) is 2.49. The van der Waals surface area contributed by atoms with Crippen LogP contribution in [0.15, 0.2) is 30.3 Å². The van der Waals surface area contributed by atoms with Gasteiger partial charge in [-0.3, -0.25) is 4.79 Å². The molecule has 0 saturated carbocycles. The smallest absolute Gasteiger partial charge is 0.329 e. The van der Waals surface area contributed by atoms with Crippen LogP contribution in [0.2, 0.25) is 0 Å². The van der Waals surface area contributed by atoms with Gasteiger partial charge in [0.25, 0.3) is 0 Å². The molecule has 1 unspecified atom stereocenters. The fraction of sp³-hybridized carbons (Fsp3) is 0.467. The molecule has 6 heteroatoms. The minimum absolute atomic E-state index is 0.0651. The fourth-order valence-electron chi connectivity index (χ4n) is 1.90. The number of nitrogens with one attached hydrogen (secondary N) is 1. The molecule has 21 heavy (non-hydrogen) atoms. The zero-order valence-corrected chi connectivity index (χ0v) is 13.1. The highest BCUT2D eigenvalue weighted by molar-refractivity contribution is 7.99. The monoisotopic (exact) mass is 311 g/mol. The Hall–Kier alpha value is -1.53. The molecule has 0 spiro atoms. The third-order valence-electron chi connectivity index (χ3n) is 2.89. The largest absolute Gasteiger partial charge is 0.467 e. The molecule has 5 nitrogen and oxygen atoms in total. The Labute approximate surface area is 129 Å².